The molecule has 100 valence electrons. The van der Waals surface area contributed by atoms with E-state index in [2.05, 4.69) is 24.1 Å². The van der Waals surface area contributed by atoms with E-state index in [0.717, 1.165) is 19.1 Å². The van der Waals surface area contributed by atoms with Gasteiger partial charge in [-0.1, -0.05) is 6.92 Å². The Morgan fingerprint density at radius 1 is 1.47 bits per heavy atom. The number of rotatable bonds is 5. The van der Waals surface area contributed by atoms with Crippen LogP contribution in [0.2, 0.25) is 0 Å². The van der Waals surface area contributed by atoms with Gasteiger partial charge < -0.3 is 15.0 Å². The van der Waals surface area contributed by atoms with Gasteiger partial charge in [0.15, 0.2) is 0 Å². The molecule has 2 aliphatic heterocycles. The van der Waals surface area contributed by atoms with Crippen molar-refractivity contribution < 1.29 is 4.74 Å². The van der Waals surface area contributed by atoms with E-state index in [1.54, 1.807) is 0 Å². The molecule has 0 bridgehead atoms. The zero-order valence-electron chi connectivity index (χ0n) is 11.5. The highest BCUT2D eigenvalue weighted by atomic mass is 16.5. The van der Waals surface area contributed by atoms with E-state index in [1.807, 2.05) is 0 Å². The second-order valence-corrected chi connectivity index (χ2v) is 6.14. The molecule has 0 aromatic carbocycles. The molecule has 0 amide bonds. The molecule has 1 N–H and O–H groups in total. The number of nitrogens with zero attached hydrogens (tertiary/aromatic N) is 1. The molecule has 2 atom stereocenters. The minimum absolute atomic E-state index is 0.507. The van der Waals surface area contributed by atoms with Crippen LogP contribution >= 0.6 is 0 Å². The number of hydrogen-bond acceptors (Lipinski definition) is 3. The first-order valence-corrected chi connectivity index (χ1v) is 7.23. The molecule has 2 fully saturated rings. The van der Waals surface area contributed by atoms with Gasteiger partial charge in [0.1, 0.15) is 0 Å². The Bertz CT molecular complexity index is 226. The lowest BCUT2D eigenvalue weighted by Gasteiger charge is -2.37. The van der Waals surface area contributed by atoms with Crippen LogP contribution in [0.15, 0.2) is 0 Å². The first-order valence-electron chi connectivity index (χ1n) is 7.23. The van der Waals surface area contributed by atoms with Gasteiger partial charge >= 0.3 is 0 Å². The molecule has 17 heavy (non-hydrogen) atoms. The fraction of sp³-hybridized carbons (Fsp3) is 1.00. The standard InChI is InChI=1S/C14H28N2O/c1-3-17-10-13-5-4-8-16(9-13)12-14(2)6-7-15-11-14/h13,15H,3-12H2,1-2H3. The van der Waals surface area contributed by atoms with E-state index in [9.17, 15) is 0 Å². The van der Waals surface area contributed by atoms with Gasteiger partial charge in [0.05, 0.1) is 6.61 Å². The monoisotopic (exact) mass is 240 g/mol. The van der Waals surface area contributed by atoms with E-state index in [-0.39, 0.29) is 0 Å². The number of ether oxygens (including phenoxy) is 1. The highest BCUT2D eigenvalue weighted by molar-refractivity contribution is 4.88. The van der Waals surface area contributed by atoms with Crippen LogP contribution in [0.25, 0.3) is 0 Å². The predicted octanol–water partition coefficient (Wildman–Crippen LogP) is 1.73. The third-order valence-electron chi connectivity index (χ3n) is 4.22. The third kappa shape index (κ3) is 3.94. The highest BCUT2D eigenvalue weighted by Gasteiger charge is 2.32. The molecule has 0 aromatic heterocycles. The Morgan fingerprint density at radius 2 is 2.35 bits per heavy atom. The van der Waals surface area contributed by atoms with E-state index in [1.165, 1.54) is 52.0 Å². The summed E-state index contributed by atoms with van der Waals surface area (Å²) in [5.41, 5.74) is 0.507. The molecule has 2 heterocycles. The number of hydrogen-bond donors (Lipinski definition) is 1. The molecule has 0 spiro atoms. The van der Waals surface area contributed by atoms with Crippen molar-refractivity contribution in [1.29, 1.82) is 0 Å². The van der Waals surface area contributed by atoms with Gasteiger partial charge in [0.25, 0.3) is 0 Å². The Kier molecular flexibility index (Phi) is 4.83. The topological polar surface area (TPSA) is 24.5 Å². The van der Waals surface area contributed by atoms with Crippen molar-refractivity contribution in [1.82, 2.24) is 10.2 Å². The molecule has 3 heteroatoms. The quantitative estimate of drug-likeness (QED) is 0.792. The van der Waals surface area contributed by atoms with E-state index in [0.29, 0.717) is 5.41 Å². The Morgan fingerprint density at radius 3 is 3.06 bits per heavy atom. The molecule has 0 aliphatic carbocycles. The summed E-state index contributed by atoms with van der Waals surface area (Å²) in [6.07, 6.45) is 4.03. The lowest BCUT2D eigenvalue weighted by Crippen LogP contribution is -2.43. The van der Waals surface area contributed by atoms with Crippen molar-refractivity contribution in [2.45, 2.75) is 33.1 Å². The molecular weight excluding hydrogens is 212 g/mol. The normalized spacial score (nSPS) is 35.3. The highest BCUT2D eigenvalue weighted by Crippen LogP contribution is 2.28. The fourth-order valence-corrected chi connectivity index (χ4v) is 3.26. The number of nitrogens with one attached hydrogen (secondary N) is 1. The van der Waals surface area contributed by atoms with Crippen LogP contribution in [0.5, 0.6) is 0 Å². The molecule has 2 unspecified atom stereocenters. The predicted molar refractivity (Wildman–Crippen MR) is 71.3 cm³/mol. The van der Waals surface area contributed by atoms with Crippen molar-refractivity contribution >= 4 is 0 Å². The van der Waals surface area contributed by atoms with Gasteiger partial charge in [0, 0.05) is 26.2 Å². The first-order chi connectivity index (χ1) is 8.22. The summed E-state index contributed by atoms with van der Waals surface area (Å²) in [6.45, 7) is 12.5. The first kappa shape index (κ1) is 13.3. The lowest BCUT2D eigenvalue weighted by molar-refractivity contribution is 0.0535. The van der Waals surface area contributed by atoms with Crippen LogP contribution in [0.4, 0.5) is 0 Å². The zero-order valence-corrected chi connectivity index (χ0v) is 11.5. The second-order valence-electron chi connectivity index (χ2n) is 6.14. The molecule has 0 aromatic rings. The van der Waals surface area contributed by atoms with Gasteiger partial charge in [-0.25, -0.2) is 0 Å². The van der Waals surface area contributed by atoms with Gasteiger partial charge in [-0.2, -0.15) is 0 Å². The SMILES string of the molecule is CCOCC1CCCN(CC2(C)CCNC2)C1. The fourth-order valence-electron chi connectivity index (χ4n) is 3.26. The van der Waals surface area contributed by atoms with E-state index >= 15 is 0 Å². The number of piperidine rings is 1. The second kappa shape index (κ2) is 6.17. The summed E-state index contributed by atoms with van der Waals surface area (Å²) in [5.74, 6) is 0.765. The smallest absolute Gasteiger partial charge is 0.0506 e. The van der Waals surface area contributed by atoms with Crippen molar-refractivity contribution in [3.8, 4) is 0 Å². The average molecular weight is 240 g/mol. The van der Waals surface area contributed by atoms with Crippen molar-refractivity contribution in [3.63, 3.8) is 0 Å². The number of likely N-dealkylation sites (tertiary alicyclic amines) is 1. The zero-order chi connectivity index (χ0) is 12.1. The molecule has 3 nitrogen and oxygen atoms in total. The van der Waals surface area contributed by atoms with Crippen LogP contribution < -0.4 is 5.32 Å². The van der Waals surface area contributed by atoms with Crippen LogP contribution in [0.3, 0.4) is 0 Å². The maximum atomic E-state index is 5.58. The molecular formula is C14H28N2O. The maximum Gasteiger partial charge on any atom is 0.0506 e. The summed E-state index contributed by atoms with van der Waals surface area (Å²) in [7, 11) is 0. The molecule has 2 saturated heterocycles. The van der Waals surface area contributed by atoms with Crippen LogP contribution in [0, 0.1) is 11.3 Å². The summed E-state index contributed by atoms with van der Waals surface area (Å²) in [5, 5.41) is 3.50. The Labute approximate surface area is 106 Å². The van der Waals surface area contributed by atoms with Crippen molar-refractivity contribution in [3.05, 3.63) is 0 Å². The Hall–Kier alpha value is -0.120. The van der Waals surface area contributed by atoms with Gasteiger partial charge in [-0.05, 0) is 50.6 Å². The minimum atomic E-state index is 0.507. The largest absolute Gasteiger partial charge is 0.381 e. The molecule has 0 saturated carbocycles. The molecule has 2 rings (SSSR count). The van der Waals surface area contributed by atoms with Crippen LogP contribution in [-0.4, -0.2) is 50.8 Å². The summed E-state index contributed by atoms with van der Waals surface area (Å²) >= 11 is 0. The third-order valence-corrected chi connectivity index (χ3v) is 4.22. The molecule has 0 radical (unpaired) electrons. The van der Waals surface area contributed by atoms with Gasteiger partial charge in [0.2, 0.25) is 0 Å². The summed E-state index contributed by atoms with van der Waals surface area (Å²) in [6, 6.07) is 0. The summed E-state index contributed by atoms with van der Waals surface area (Å²) in [4.78, 5) is 2.67. The van der Waals surface area contributed by atoms with Crippen molar-refractivity contribution in [2.75, 3.05) is 45.9 Å². The summed E-state index contributed by atoms with van der Waals surface area (Å²) < 4.78 is 5.58. The molecule has 2 aliphatic rings. The maximum absolute atomic E-state index is 5.58. The minimum Gasteiger partial charge on any atom is -0.381 e. The average Bonchev–Trinajstić information content (AvgIpc) is 2.73. The van der Waals surface area contributed by atoms with Gasteiger partial charge in [-0.15, -0.1) is 0 Å². The van der Waals surface area contributed by atoms with Crippen LogP contribution in [0.1, 0.15) is 33.1 Å². The lowest BCUT2D eigenvalue weighted by atomic mass is 9.87. The van der Waals surface area contributed by atoms with Crippen molar-refractivity contribution in [2.24, 2.45) is 11.3 Å². The van der Waals surface area contributed by atoms with E-state index in [4.69, 9.17) is 4.74 Å². The van der Waals surface area contributed by atoms with E-state index < -0.39 is 0 Å². The van der Waals surface area contributed by atoms with Gasteiger partial charge in [-0.3, -0.25) is 0 Å². The van der Waals surface area contributed by atoms with Crippen LogP contribution in [-0.2, 0) is 4.74 Å². The Balaban J connectivity index is 1.76.